The number of hydrogen-bond acceptors (Lipinski definition) is 12. The minimum atomic E-state index is -0.451. The van der Waals surface area contributed by atoms with E-state index in [0.717, 1.165) is 156 Å². The number of carbonyl (C=O) groups excluding carboxylic acids is 3. The lowest BCUT2D eigenvalue weighted by atomic mass is 9.49. The standard InChI is InChI=1S/2C27H37N3O2.C21H33BrO2.C6H5N3/c1-26(32)13-11-18-17(15-26)7-8-20-19(18)12-14-27(2)21(20)9-10-22(27)25(31)16-30-24-6-4-3-5-23(24)28-29-30;1-26(32)13-11-18-17(15-26)7-8-20-19(18)12-14-27(2)21(20)9-10-22(27)25(31)16-30-28-23-5-3-4-6-24(23)29-30;1-20(24)9-7-14-13(11-20)3-4-16-15(14)8-10-21(2)17(16)5-6-18(21)19(23)12-22;1-2-4-6-5(3-1)7-9-8-6/h2*3-6,17-22,32H,7-16H2,1-2H3;13-18,24H,3-12H2,1-2H3;1-4H,(H,7,8,9)/t2*17-,18+,19-,20-,21+,22-,26-,27+;13-,14+,15-,16-,17+,18-,20-,21+;/m111./s1. The molecule has 0 amide bonds. The third-order valence-corrected chi connectivity index (χ3v) is 31.1. The fraction of sp³-hybridized carbons (Fsp3) is 0.741. The minimum absolute atomic E-state index is 0.137. The first-order chi connectivity index (χ1) is 46.5. The molecule has 24 atom stereocenters. The van der Waals surface area contributed by atoms with E-state index in [-0.39, 0.29) is 28.1 Å². The van der Waals surface area contributed by atoms with E-state index in [1.54, 1.807) is 9.48 Å². The molecule has 524 valence electrons. The van der Waals surface area contributed by atoms with Crippen LogP contribution in [0.1, 0.15) is 215 Å². The smallest absolute Gasteiger partial charge is 0.159 e. The van der Waals surface area contributed by atoms with E-state index < -0.39 is 16.8 Å². The second-order valence-corrected chi connectivity index (χ2v) is 36.4. The van der Waals surface area contributed by atoms with Gasteiger partial charge in [-0.05, 0) is 336 Å². The number of ketones is 3. The molecule has 12 saturated carbocycles. The summed E-state index contributed by atoms with van der Waals surface area (Å²) < 4.78 is 1.80. The van der Waals surface area contributed by atoms with Crippen molar-refractivity contribution in [2.75, 3.05) is 5.33 Å². The summed E-state index contributed by atoms with van der Waals surface area (Å²) in [6, 6.07) is 23.5. The highest BCUT2D eigenvalue weighted by atomic mass is 79.9. The van der Waals surface area contributed by atoms with Crippen LogP contribution in [0, 0.1) is 123 Å². The lowest BCUT2D eigenvalue weighted by Gasteiger charge is -2.56. The summed E-state index contributed by atoms with van der Waals surface area (Å²) in [4.78, 5) is 41.1. The van der Waals surface area contributed by atoms with E-state index in [1.165, 1.54) is 116 Å². The number of Topliss-reactive ketones (excluding diaryl/α,β-unsaturated/α-hetero) is 3. The molecule has 12 aliphatic carbocycles. The summed E-state index contributed by atoms with van der Waals surface area (Å²) >= 11 is 3.42. The molecule has 16 heteroatoms. The van der Waals surface area contributed by atoms with Crippen LogP contribution in [0.4, 0.5) is 0 Å². The highest BCUT2D eigenvalue weighted by Gasteiger charge is 2.62. The second-order valence-electron chi connectivity index (χ2n) is 35.8. The first-order valence-electron chi connectivity index (χ1n) is 38.7. The van der Waals surface area contributed by atoms with Crippen molar-refractivity contribution in [3.63, 3.8) is 0 Å². The molecule has 0 saturated heterocycles. The van der Waals surface area contributed by atoms with Crippen molar-refractivity contribution in [2.45, 2.75) is 245 Å². The molecular weight excluding hydrogens is 1270 g/mol. The number of carbonyl (C=O) groups is 3. The van der Waals surface area contributed by atoms with Gasteiger partial charge in [0.2, 0.25) is 0 Å². The van der Waals surface area contributed by atoms with Crippen LogP contribution in [-0.4, -0.2) is 100 Å². The lowest BCUT2D eigenvalue weighted by molar-refractivity contribution is -0.133. The number of halogens is 1. The van der Waals surface area contributed by atoms with Crippen molar-refractivity contribution in [1.82, 2.24) is 45.4 Å². The molecule has 4 N–H and O–H groups in total. The maximum atomic E-state index is 13.6. The normalized spacial score (nSPS) is 42.9. The van der Waals surface area contributed by atoms with Gasteiger partial charge in [-0.25, -0.2) is 4.68 Å². The van der Waals surface area contributed by atoms with Gasteiger partial charge in [0.05, 0.1) is 27.6 Å². The third kappa shape index (κ3) is 12.8. The second kappa shape index (κ2) is 26.6. The lowest BCUT2D eigenvalue weighted by Crippen LogP contribution is -2.51. The van der Waals surface area contributed by atoms with Crippen LogP contribution >= 0.6 is 15.9 Å². The van der Waals surface area contributed by atoms with Crippen LogP contribution in [0.3, 0.4) is 0 Å². The van der Waals surface area contributed by atoms with Gasteiger partial charge in [0.15, 0.2) is 11.6 Å². The van der Waals surface area contributed by atoms with Gasteiger partial charge in [-0.3, -0.25) is 14.4 Å². The Kier molecular flexibility index (Phi) is 18.6. The molecular formula is C81H112BrN9O6. The van der Waals surface area contributed by atoms with Crippen molar-refractivity contribution in [3.05, 3.63) is 72.8 Å². The molecule has 0 unspecified atom stereocenters. The molecule has 0 spiro atoms. The predicted molar refractivity (Wildman–Crippen MR) is 381 cm³/mol. The number of aromatic nitrogens is 9. The average molecular weight is 1390 g/mol. The molecule has 0 radical (unpaired) electrons. The summed E-state index contributed by atoms with van der Waals surface area (Å²) in [6.07, 6.45) is 31.7. The molecule has 3 heterocycles. The van der Waals surface area contributed by atoms with Gasteiger partial charge in [-0.2, -0.15) is 30.4 Å². The predicted octanol–water partition coefficient (Wildman–Crippen LogP) is 16.0. The van der Waals surface area contributed by atoms with Crippen LogP contribution < -0.4 is 0 Å². The van der Waals surface area contributed by atoms with Crippen LogP contribution in [-0.2, 0) is 27.5 Å². The SMILES string of the molecule is C[C@@]1(O)CC[C@H]2[C@H](CC[C@@H]3[C@@H]2CC[C@]2(C)[C@@H](C(=O)CBr)CC[C@@H]32)C1.C[C@@]1(O)CC[C@H]2[C@H](CC[C@@H]3[C@@H]2CC[C@]2(C)[C@@H](C(=O)Cn4nc5ccccc5n4)CC[C@@H]32)C1.C[C@@]1(O)CC[C@H]2[C@H](CC[C@@H]3[C@@H]2CC[C@]2(C)[C@@H](C(=O)Cn4nnc5ccccc54)CC[C@@H]32)C1.c1ccc2n[nH]nc2c1. The van der Waals surface area contributed by atoms with Gasteiger partial charge in [0.25, 0.3) is 0 Å². The Hall–Kier alpha value is -4.77. The van der Waals surface area contributed by atoms with Crippen LogP contribution in [0.5, 0.6) is 0 Å². The summed E-state index contributed by atoms with van der Waals surface area (Å²) in [7, 11) is 0. The number of aliphatic hydroxyl groups is 3. The van der Waals surface area contributed by atoms with E-state index in [4.69, 9.17) is 0 Å². The zero-order chi connectivity index (χ0) is 67.4. The number of alkyl halides is 1. The molecule has 6 aromatic rings. The molecule has 12 aliphatic rings. The Morgan fingerprint density at radius 1 is 0.423 bits per heavy atom. The Morgan fingerprint density at radius 2 is 0.784 bits per heavy atom. The van der Waals surface area contributed by atoms with Crippen molar-refractivity contribution in [2.24, 2.45) is 123 Å². The van der Waals surface area contributed by atoms with Crippen molar-refractivity contribution < 1.29 is 29.7 Å². The minimum Gasteiger partial charge on any atom is -0.390 e. The first kappa shape index (κ1) is 68.0. The maximum Gasteiger partial charge on any atom is 0.159 e. The largest absolute Gasteiger partial charge is 0.390 e. The van der Waals surface area contributed by atoms with Gasteiger partial charge < -0.3 is 15.3 Å². The Balaban J connectivity index is 0.000000113. The maximum absolute atomic E-state index is 13.6. The number of H-pyrrole nitrogens is 1. The molecule has 3 aromatic carbocycles. The van der Waals surface area contributed by atoms with Crippen molar-refractivity contribution >= 4 is 66.4 Å². The zero-order valence-corrected chi connectivity index (χ0v) is 60.6. The van der Waals surface area contributed by atoms with Gasteiger partial charge in [-0.15, -0.1) is 5.10 Å². The van der Waals surface area contributed by atoms with Crippen LogP contribution in [0.15, 0.2) is 72.8 Å². The number of rotatable bonds is 8. The monoisotopic (exact) mass is 1390 g/mol. The number of hydrogen-bond donors (Lipinski definition) is 4. The Bertz CT molecular complexity index is 3750. The molecule has 12 fully saturated rings. The van der Waals surface area contributed by atoms with E-state index in [1.807, 2.05) is 93.6 Å². The molecule has 0 aliphatic heterocycles. The molecule has 18 rings (SSSR count). The molecule has 3 aromatic heterocycles. The van der Waals surface area contributed by atoms with Crippen molar-refractivity contribution in [1.29, 1.82) is 0 Å². The zero-order valence-electron chi connectivity index (χ0n) is 59.1. The van der Waals surface area contributed by atoms with Crippen LogP contribution in [0.2, 0.25) is 0 Å². The Labute approximate surface area is 583 Å². The number of nitrogens with zero attached hydrogens (tertiary/aromatic N) is 8. The first-order valence-corrected chi connectivity index (χ1v) is 39.8. The summed E-state index contributed by atoms with van der Waals surface area (Å²) in [5, 5.41) is 60.2. The number of benzene rings is 3. The van der Waals surface area contributed by atoms with E-state index >= 15 is 0 Å². The quantitative estimate of drug-likeness (QED) is 0.105. The molecule has 15 nitrogen and oxygen atoms in total. The van der Waals surface area contributed by atoms with Gasteiger partial charge in [-0.1, -0.05) is 78.3 Å². The Morgan fingerprint density at radius 3 is 1.20 bits per heavy atom. The molecule has 97 heavy (non-hydrogen) atoms. The van der Waals surface area contributed by atoms with Gasteiger partial charge in [0.1, 0.15) is 46.5 Å². The molecule has 0 bridgehead atoms. The van der Waals surface area contributed by atoms with E-state index in [0.29, 0.717) is 65.4 Å². The fourth-order valence-electron chi connectivity index (χ4n) is 26.2. The van der Waals surface area contributed by atoms with Crippen molar-refractivity contribution in [3.8, 4) is 0 Å². The average Bonchev–Trinajstić information content (AvgIpc) is 1.67. The topological polar surface area (TPSA) is 215 Å². The van der Waals surface area contributed by atoms with E-state index in [9.17, 15) is 29.7 Å². The third-order valence-electron chi connectivity index (χ3n) is 30.6. The number of nitrogens with one attached hydrogen (secondary N) is 1. The fourth-order valence-corrected chi connectivity index (χ4v) is 26.6. The summed E-state index contributed by atoms with van der Waals surface area (Å²) in [5.74, 6) is 13.4. The van der Waals surface area contributed by atoms with Crippen LogP contribution in [0.25, 0.3) is 33.1 Å². The number of para-hydroxylation sites is 3. The number of aromatic amines is 1. The summed E-state index contributed by atoms with van der Waals surface area (Å²) in [6.45, 7) is 14.1. The van der Waals surface area contributed by atoms with Gasteiger partial charge >= 0.3 is 0 Å². The van der Waals surface area contributed by atoms with Gasteiger partial charge in [0, 0.05) is 17.8 Å². The van der Waals surface area contributed by atoms with E-state index in [2.05, 4.69) is 72.6 Å². The highest BCUT2D eigenvalue weighted by Crippen LogP contribution is 2.68. The summed E-state index contributed by atoms with van der Waals surface area (Å²) in [5.41, 5.74) is 4.58. The highest BCUT2D eigenvalue weighted by molar-refractivity contribution is 9.09. The number of fused-ring (bicyclic) bond motifs is 18.